The highest BCUT2D eigenvalue weighted by Crippen LogP contribution is 2.38. The summed E-state index contributed by atoms with van der Waals surface area (Å²) in [5.41, 5.74) is 2.29. The number of halogens is 1. The zero-order chi connectivity index (χ0) is 12.7. The maximum absolute atomic E-state index is 12.5. The number of fused-ring (bicyclic) bond motifs is 3. The number of anilines is 1. The summed E-state index contributed by atoms with van der Waals surface area (Å²) >= 11 is 6.24. The summed E-state index contributed by atoms with van der Waals surface area (Å²) in [4.78, 5) is 16.7. The number of likely N-dealkylation sites (N-methyl/N-ethyl adjacent to an activating group) is 1. The average molecular weight is 265 g/mol. The van der Waals surface area contributed by atoms with Gasteiger partial charge in [0.05, 0.1) is 0 Å². The average Bonchev–Trinajstić information content (AvgIpc) is 2.67. The van der Waals surface area contributed by atoms with Crippen molar-refractivity contribution in [2.75, 3.05) is 24.5 Å². The number of carbonyl (C=O) groups excluding carboxylic acids is 1. The Kier molecular flexibility index (Phi) is 2.94. The van der Waals surface area contributed by atoms with Gasteiger partial charge in [-0.25, -0.2) is 0 Å². The minimum absolute atomic E-state index is 0.0395. The topological polar surface area (TPSA) is 23.6 Å². The number of nitrogens with zero attached hydrogens (tertiary/aromatic N) is 2. The van der Waals surface area contributed by atoms with Crippen LogP contribution in [-0.4, -0.2) is 36.5 Å². The molecule has 1 aromatic carbocycles. The van der Waals surface area contributed by atoms with Gasteiger partial charge >= 0.3 is 0 Å². The molecular weight excluding hydrogens is 248 g/mol. The van der Waals surface area contributed by atoms with Crippen molar-refractivity contribution < 1.29 is 4.79 Å². The Bertz CT molecular complexity index is 489. The molecule has 0 bridgehead atoms. The highest BCUT2D eigenvalue weighted by molar-refractivity contribution is 6.32. The molecule has 3 rings (SSSR count). The van der Waals surface area contributed by atoms with Gasteiger partial charge in [0, 0.05) is 36.8 Å². The summed E-state index contributed by atoms with van der Waals surface area (Å²) in [5, 5.41) is 0.788. The second kappa shape index (κ2) is 4.47. The Hall–Kier alpha value is -1.22. The molecule has 0 saturated carbocycles. The van der Waals surface area contributed by atoms with Gasteiger partial charge in [-0.3, -0.25) is 4.79 Å². The van der Waals surface area contributed by atoms with E-state index in [2.05, 4.69) is 11.0 Å². The van der Waals surface area contributed by atoms with Crippen LogP contribution in [0.5, 0.6) is 0 Å². The van der Waals surface area contributed by atoms with Crippen LogP contribution in [0.4, 0.5) is 5.69 Å². The van der Waals surface area contributed by atoms with Crippen LogP contribution >= 0.6 is 11.6 Å². The number of carbonyl (C=O) groups is 1. The SMILES string of the molecule is CCN1CCCN2c3cccc(Cl)c3CC2C1=O. The van der Waals surface area contributed by atoms with Crippen molar-refractivity contribution in [3.63, 3.8) is 0 Å². The maximum atomic E-state index is 12.5. The van der Waals surface area contributed by atoms with E-state index in [0.717, 1.165) is 48.7 Å². The van der Waals surface area contributed by atoms with Gasteiger partial charge in [0.2, 0.25) is 5.91 Å². The van der Waals surface area contributed by atoms with E-state index in [4.69, 9.17) is 11.6 Å². The Balaban J connectivity index is 1.99. The first-order valence-electron chi connectivity index (χ1n) is 6.55. The molecule has 0 spiro atoms. The minimum Gasteiger partial charge on any atom is -0.359 e. The molecule has 2 aliphatic rings. The highest BCUT2D eigenvalue weighted by atomic mass is 35.5. The van der Waals surface area contributed by atoms with Crippen molar-refractivity contribution in [3.8, 4) is 0 Å². The smallest absolute Gasteiger partial charge is 0.245 e. The van der Waals surface area contributed by atoms with E-state index in [-0.39, 0.29) is 11.9 Å². The first-order valence-corrected chi connectivity index (χ1v) is 6.93. The molecule has 1 fully saturated rings. The van der Waals surface area contributed by atoms with E-state index in [1.165, 1.54) is 0 Å². The fourth-order valence-electron chi connectivity index (χ4n) is 3.05. The molecule has 1 saturated heterocycles. The molecule has 2 aliphatic heterocycles. The van der Waals surface area contributed by atoms with Gasteiger partial charge in [0.25, 0.3) is 0 Å². The van der Waals surface area contributed by atoms with Crippen LogP contribution in [0.2, 0.25) is 5.02 Å². The summed E-state index contributed by atoms with van der Waals surface area (Å²) in [5.74, 6) is 0.252. The van der Waals surface area contributed by atoms with Crippen molar-refractivity contribution in [2.24, 2.45) is 0 Å². The molecule has 3 nitrogen and oxygen atoms in total. The Morgan fingerprint density at radius 2 is 2.22 bits per heavy atom. The molecule has 1 unspecified atom stereocenters. The van der Waals surface area contributed by atoms with Crippen LogP contribution in [0.25, 0.3) is 0 Å². The Labute approximate surface area is 112 Å². The first-order chi connectivity index (χ1) is 8.72. The van der Waals surface area contributed by atoms with Gasteiger partial charge in [-0.05, 0) is 31.0 Å². The molecule has 0 aromatic heterocycles. The third kappa shape index (κ3) is 1.69. The van der Waals surface area contributed by atoms with E-state index < -0.39 is 0 Å². The lowest BCUT2D eigenvalue weighted by Gasteiger charge is -2.25. The number of hydrogen-bond acceptors (Lipinski definition) is 2. The van der Waals surface area contributed by atoms with Gasteiger partial charge in [-0.15, -0.1) is 0 Å². The lowest BCUT2D eigenvalue weighted by atomic mass is 10.1. The van der Waals surface area contributed by atoms with E-state index >= 15 is 0 Å². The quantitative estimate of drug-likeness (QED) is 0.777. The Morgan fingerprint density at radius 1 is 1.39 bits per heavy atom. The molecule has 0 radical (unpaired) electrons. The van der Waals surface area contributed by atoms with Gasteiger partial charge in [-0.1, -0.05) is 17.7 Å². The minimum atomic E-state index is -0.0395. The predicted octanol–water partition coefficient (Wildman–Crippen LogP) is 2.32. The number of amides is 1. The van der Waals surface area contributed by atoms with Crippen LogP contribution in [-0.2, 0) is 11.2 Å². The van der Waals surface area contributed by atoms with E-state index in [1.807, 2.05) is 24.0 Å². The normalized spacial score (nSPS) is 22.8. The van der Waals surface area contributed by atoms with Crippen molar-refractivity contribution in [2.45, 2.75) is 25.8 Å². The summed E-state index contributed by atoms with van der Waals surface area (Å²) in [6, 6.07) is 5.92. The predicted molar refractivity (Wildman–Crippen MR) is 73.2 cm³/mol. The monoisotopic (exact) mass is 264 g/mol. The van der Waals surface area contributed by atoms with Crippen molar-refractivity contribution in [1.82, 2.24) is 4.90 Å². The molecule has 18 heavy (non-hydrogen) atoms. The third-order valence-electron chi connectivity index (χ3n) is 3.98. The molecular formula is C14H17ClN2O. The van der Waals surface area contributed by atoms with E-state index in [9.17, 15) is 4.79 Å². The fraction of sp³-hybridized carbons (Fsp3) is 0.500. The van der Waals surface area contributed by atoms with Crippen LogP contribution in [0.1, 0.15) is 18.9 Å². The van der Waals surface area contributed by atoms with Crippen LogP contribution in [0.15, 0.2) is 18.2 Å². The molecule has 2 heterocycles. The summed E-state index contributed by atoms with van der Waals surface area (Å²) in [6.45, 7) is 4.66. The second-order valence-corrected chi connectivity index (χ2v) is 5.33. The number of hydrogen-bond donors (Lipinski definition) is 0. The third-order valence-corrected chi connectivity index (χ3v) is 4.34. The first kappa shape index (κ1) is 11.8. The summed E-state index contributed by atoms with van der Waals surface area (Å²) < 4.78 is 0. The highest BCUT2D eigenvalue weighted by Gasteiger charge is 2.38. The second-order valence-electron chi connectivity index (χ2n) is 4.92. The van der Waals surface area contributed by atoms with Crippen molar-refractivity contribution in [3.05, 3.63) is 28.8 Å². The van der Waals surface area contributed by atoms with Crippen LogP contribution in [0.3, 0.4) is 0 Å². The maximum Gasteiger partial charge on any atom is 0.245 e. The molecule has 0 aliphatic carbocycles. The lowest BCUT2D eigenvalue weighted by molar-refractivity contribution is -0.131. The van der Waals surface area contributed by atoms with Crippen molar-refractivity contribution >= 4 is 23.2 Å². The number of benzene rings is 1. The molecule has 1 atom stereocenters. The van der Waals surface area contributed by atoms with Crippen LogP contribution < -0.4 is 4.90 Å². The number of rotatable bonds is 1. The van der Waals surface area contributed by atoms with Gasteiger partial charge < -0.3 is 9.80 Å². The van der Waals surface area contributed by atoms with Gasteiger partial charge in [-0.2, -0.15) is 0 Å². The lowest BCUT2D eigenvalue weighted by Crippen LogP contribution is -2.44. The fourth-order valence-corrected chi connectivity index (χ4v) is 3.30. The molecule has 1 aromatic rings. The largest absolute Gasteiger partial charge is 0.359 e. The summed E-state index contributed by atoms with van der Waals surface area (Å²) in [7, 11) is 0. The van der Waals surface area contributed by atoms with Crippen molar-refractivity contribution in [1.29, 1.82) is 0 Å². The molecule has 96 valence electrons. The van der Waals surface area contributed by atoms with Gasteiger partial charge in [0.15, 0.2) is 0 Å². The van der Waals surface area contributed by atoms with E-state index in [1.54, 1.807) is 0 Å². The standard InChI is InChI=1S/C14H17ClN2O/c1-2-16-7-4-8-17-12-6-3-5-11(15)10(12)9-13(17)14(16)18/h3,5-6,13H,2,4,7-9H2,1H3. The zero-order valence-electron chi connectivity index (χ0n) is 10.5. The molecule has 4 heteroatoms. The van der Waals surface area contributed by atoms with E-state index in [0.29, 0.717) is 0 Å². The van der Waals surface area contributed by atoms with Gasteiger partial charge in [0.1, 0.15) is 6.04 Å². The Morgan fingerprint density at radius 3 is 3.00 bits per heavy atom. The zero-order valence-corrected chi connectivity index (χ0v) is 11.3. The summed E-state index contributed by atoms with van der Waals surface area (Å²) in [6.07, 6.45) is 1.78. The molecule has 0 N–H and O–H groups in total. The molecule has 1 amide bonds. The van der Waals surface area contributed by atoms with Crippen LogP contribution in [0, 0.1) is 0 Å².